The normalized spacial score (nSPS) is 11.2. The summed E-state index contributed by atoms with van der Waals surface area (Å²) in [5.74, 6) is 0. The number of hydrogen-bond acceptors (Lipinski definition) is 1. The monoisotopic (exact) mass is 265 g/mol. The molecule has 0 atom stereocenters. The van der Waals surface area contributed by atoms with Crippen molar-refractivity contribution >= 4 is 0 Å². The van der Waals surface area contributed by atoms with Gasteiger partial charge in [0, 0.05) is 5.54 Å². The summed E-state index contributed by atoms with van der Waals surface area (Å²) in [6, 6.07) is 8.62. The van der Waals surface area contributed by atoms with Crippen molar-refractivity contribution in [2.45, 2.75) is 71.3 Å². The van der Waals surface area contributed by atoms with Gasteiger partial charge in [0.15, 0.2) is 0 Å². The molecule has 0 spiro atoms. The Kier molecular flexibility index (Phi) is 8.70. The molecule has 0 unspecified atom stereocenters. The number of unbranched alkanes of at least 4 members (excludes halogenated alkanes) is 5. The van der Waals surface area contributed by atoms with Crippen LogP contribution in [0.25, 0.3) is 0 Å². The Morgan fingerprint density at radius 1 is 0.947 bits per heavy atom. The lowest BCUT2D eigenvalue weighted by Crippen LogP contribution is -2.30. The quantitative estimate of drug-likeness (QED) is 0.711. The van der Waals surface area contributed by atoms with Crippen molar-refractivity contribution in [3.8, 4) is 0 Å². The molecule has 0 saturated carbocycles. The van der Waals surface area contributed by atoms with Crippen LogP contribution < -0.4 is 5.73 Å². The van der Waals surface area contributed by atoms with Crippen LogP contribution in [0.3, 0.4) is 0 Å². The molecule has 0 aliphatic heterocycles. The van der Waals surface area contributed by atoms with Gasteiger partial charge < -0.3 is 11.2 Å². The zero-order valence-electron chi connectivity index (χ0n) is 12.8. The number of rotatable bonds is 8. The topological polar surface area (TPSA) is 57.5 Å². The summed E-state index contributed by atoms with van der Waals surface area (Å²) in [5, 5.41) is 0. The van der Waals surface area contributed by atoms with E-state index in [4.69, 9.17) is 5.73 Å². The van der Waals surface area contributed by atoms with E-state index < -0.39 is 0 Å². The van der Waals surface area contributed by atoms with E-state index in [1.165, 1.54) is 56.1 Å². The first-order valence-electron chi connectivity index (χ1n) is 7.43. The molecule has 0 bridgehead atoms. The van der Waals surface area contributed by atoms with E-state index in [1.807, 2.05) is 0 Å². The Labute approximate surface area is 118 Å². The van der Waals surface area contributed by atoms with E-state index in [0.717, 1.165) is 0 Å². The Morgan fingerprint density at radius 3 is 2.16 bits per heavy atom. The van der Waals surface area contributed by atoms with Gasteiger partial charge in [0.2, 0.25) is 0 Å². The molecule has 0 radical (unpaired) electrons. The molecular weight excluding hydrogens is 234 g/mol. The Bertz CT molecular complexity index is 341. The van der Waals surface area contributed by atoms with Gasteiger partial charge >= 0.3 is 0 Å². The van der Waals surface area contributed by atoms with E-state index in [1.54, 1.807) is 0 Å². The second-order valence-corrected chi connectivity index (χ2v) is 5.90. The molecule has 110 valence electrons. The third-order valence-electron chi connectivity index (χ3n) is 3.51. The lowest BCUT2D eigenvalue weighted by Gasteiger charge is -2.22. The molecule has 1 rings (SSSR count). The van der Waals surface area contributed by atoms with Gasteiger partial charge in [-0.05, 0) is 37.8 Å². The average molecular weight is 265 g/mol. The zero-order valence-corrected chi connectivity index (χ0v) is 12.8. The van der Waals surface area contributed by atoms with Crippen LogP contribution in [0.2, 0.25) is 0 Å². The number of hydrogen-bond donors (Lipinski definition) is 1. The molecular formula is C17H31NO. The van der Waals surface area contributed by atoms with E-state index >= 15 is 0 Å². The van der Waals surface area contributed by atoms with Crippen molar-refractivity contribution < 1.29 is 5.48 Å². The SMILES string of the molecule is CCCCCCCCc1ccccc1C(C)(C)N.O. The number of benzene rings is 1. The van der Waals surface area contributed by atoms with Crippen molar-refractivity contribution in [3.05, 3.63) is 35.4 Å². The van der Waals surface area contributed by atoms with Gasteiger partial charge in [-0.15, -0.1) is 0 Å². The predicted octanol–water partition coefficient (Wildman–Crippen LogP) is 3.96. The summed E-state index contributed by atoms with van der Waals surface area (Å²) in [7, 11) is 0. The maximum absolute atomic E-state index is 6.23. The summed E-state index contributed by atoms with van der Waals surface area (Å²) < 4.78 is 0. The average Bonchev–Trinajstić information content (AvgIpc) is 2.33. The molecule has 0 amide bonds. The van der Waals surface area contributed by atoms with Crippen LogP contribution in [-0.2, 0) is 12.0 Å². The summed E-state index contributed by atoms with van der Waals surface area (Å²) in [6.45, 7) is 6.44. The first-order valence-corrected chi connectivity index (χ1v) is 7.43. The number of aryl methyl sites for hydroxylation is 1. The van der Waals surface area contributed by atoms with Crippen molar-refractivity contribution in [2.75, 3.05) is 0 Å². The van der Waals surface area contributed by atoms with E-state index in [9.17, 15) is 0 Å². The molecule has 0 heterocycles. The largest absolute Gasteiger partial charge is 0.412 e. The van der Waals surface area contributed by atoms with Crippen LogP contribution in [0.15, 0.2) is 24.3 Å². The smallest absolute Gasteiger partial charge is 0.0355 e. The minimum Gasteiger partial charge on any atom is -0.412 e. The van der Waals surface area contributed by atoms with Crippen LogP contribution in [0.5, 0.6) is 0 Å². The third-order valence-corrected chi connectivity index (χ3v) is 3.51. The summed E-state index contributed by atoms with van der Waals surface area (Å²) >= 11 is 0. The van der Waals surface area contributed by atoms with Gasteiger partial charge in [0.05, 0.1) is 0 Å². The van der Waals surface area contributed by atoms with E-state index in [2.05, 4.69) is 45.0 Å². The highest BCUT2D eigenvalue weighted by Gasteiger charge is 2.17. The fourth-order valence-corrected chi connectivity index (χ4v) is 2.46. The van der Waals surface area contributed by atoms with Gasteiger partial charge in [-0.1, -0.05) is 63.3 Å². The Balaban J connectivity index is 0.00000324. The molecule has 0 saturated heterocycles. The van der Waals surface area contributed by atoms with Gasteiger partial charge in [-0.2, -0.15) is 0 Å². The summed E-state index contributed by atoms with van der Waals surface area (Å²) in [5.41, 5.74) is 8.74. The third kappa shape index (κ3) is 6.74. The highest BCUT2D eigenvalue weighted by Crippen LogP contribution is 2.23. The molecule has 0 aliphatic rings. The van der Waals surface area contributed by atoms with Crippen molar-refractivity contribution in [3.63, 3.8) is 0 Å². The fourth-order valence-electron chi connectivity index (χ4n) is 2.46. The maximum atomic E-state index is 6.23. The van der Waals surface area contributed by atoms with Crippen LogP contribution in [0, 0.1) is 0 Å². The second kappa shape index (κ2) is 9.11. The highest BCUT2D eigenvalue weighted by molar-refractivity contribution is 5.32. The molecule has 19 heavy (non-hydrogen) atoms. The van der Waals surface area contributed by atoms with Gasteiger partial charge in [0.1, 0.15) is 0 Å². The maximum Gasteiger partial charge on any atom is 0.0355 e. The lowest BCUT2D eigenvalue weighted by atomic mass is 9.89. The van der Waals surface area contributed by atoms with Crippen molar-refractivity contribution in [1.82, 2.24) is 0 Å². The van der Waals surface area contributed by atoms with E-state index in [0.29, 0.717) is 0 Å². The van der Waals surface area contributed by atoms with Crippen LogP contribution in [0.1, 0.15) is 70.4 Å². The highest BCUT2D eigenvalue weighted by atomic mass is 16.0. The van der Waals surface area contributed by atoms with Crippen LogP contribution in [-0.4, -0.2) is 5.48 Å². The molecule has 1 aromatic rings. The fraction of sp³-hybridized carbons (Fsp3) is 0.647. The standard InChI is InChI=1S/C17H29N.H2O/c1-4-5-6-7-8-9-12-15-13-10-11-14-16(15)17(2,3)18;/h10-11,13-14H,4-9,12,18H2,1-3H3;1H2. The second-order valence-electron chi connectivity index (χ2n) is 5.90. The van der Waals surface area contributed by atoms with Crippen LogP contribution >= 0.6 is 0 Å². The lowest BCUT2D eigenvalue weighted by molar-refractivity contribution is 0.542. The van der Waals surface area contributed by atoms with Crippen LogP contribution in [0.4, 0.5) is 0 Å². The molecule has 0 fully saturated rings. The van der Waals surface area contributed by atoms with Gasteiger partial charge in [-0.3, -0.25) is 0 Å². The Hall–Kier alpha value is -0.860. The van der Waals surface area contributed by atoms with Gasteiger partial charge in [0.25, 0.3) is 0 Å². The molecule has 2 nitrogen and oxygen atoms in total. The molecule has 2 heteroatoms. The predicted molar refractivity (Wildman–Crippen MR) is 84.3 cm³/mol. The molecule has 0 aromatic heterocycles. The first kappa shape index (κ1) is 18.1. The minimum atomic E-state index is -0.223. The molecule has 0 aliphatic carbocycles. The summed E-state index contributed by atoms with van der Waals surface area (Å²) in [4.78, 5) is 0. The zero-order chi connectivity index (χ0) is 13.4. The number of nitrogens with two attached hydrogens (primary N) is 1. The summed E-state index contributed by atoms with van der Waals surface area (Å²) in [6.07, 6.45) is 9.28. The Morgan fingerprint density at radius 2 is 1.53 bits per heavy atom. The minimum absolute atomic E-state index is 0. The van der Waals surface area contributed by atoms with Crippen molar-refractivity contribution in [2.24, 2.45) is 5.73 Å². The van der Waals surface area contributed by atoms with Crippen molar-refractivity contribution in [1.29, 1.82) is 0 Å². The molecule has 4 N–H and O–H groups in total. The van der Waals surface area contributed by atoms with Gasteiger partial charge in [-0.25, -0.2) is 0 Å². The van der Waals surface area contributed by atoms with E-state index in [-0.39, 0.29) is 11.0 Å². The molecule has 1 aromatic carbocycles. The first-order chi connectivity index (χ1) is 8.55.